The third-order valence-electron chi connectivity index (χ3n) is 10.7. The first-order chi connectivity index (χ1) is 27.6. The van der Waals surface area contributed by atoms with E-state index < -0.39 is 0 Å². The van der Waals surface area contributed by atoms with Gasteiger partial charge in [-0.25, -0.2) is 9.97 Å². The topological polar surface area (TPSA) is 25.8 Å². The van der Waals surface area contributed by atoms with Crippen LogP contribution in [0.1, 0.15) is 78.1 Å². The summed E-state index contributed by atoms with van der Waals surface area (Å²) in [6, 6.07) is 50.5. The van der Waals surface area contributed by atoms with E-state index in [-0.39, 0.29) is 0 Å². The molecule has 1 aromatic heterocycles. The highest BCUT2D eigenvalue weighted by Crippen LogP contribution is 2.18. The van der Waals surface area contributed by atoms with Gasteiger partial charge in [-0.2, -0.15) is 0 Å². The lowest BCUT2D eigenvalue weighted by atomic mass is 10.0. The smallest absolute Gasteiger partial charge is 0.0890 e. The average Bonchev–Trinajstić information content (AvgIpc) is 3.20. The summed E-state index contributed by atoms with van der Waals surface area (Å²) in [5.74, 6) is 0. The molecule has 0 radical (unpaired) electrons. The number of para-hydroxylation sites is 2. The summed E-state index contributed by atoms with van der Waals surface area (Å²) in [5, 5.41) is 2.67. The number of benzene rings is 7. The van der Waals surface area contributed by atoms with Gasteiger partial charge in [-0.1, -0.05) is 139 Å². The van der Waals surface area contributed by atoms with Crippen molar-refractivity contribution in [1.29, 1.82) is 0 Å². The molecule has 0 aliphatic heterocycles. The van der Waals surface area contributed by atoms with Gasteiger partial charge in [0.15, 0.2) is 0 Å². The highest BCUT2D eigenvalue weighted by atomic mass is 14.8. The second-order valence-electron chi connectivity index (χ2n) is 15.4. The molecule has 0 bridgehead atoms. The molecule has 0 N–H and O–H groups in total. The molecular weight excluding hydrogens is 701 g/mol. The van der Waals surface area contributed by atoms with Crippen molar-refractivity contribution >= 4 is 21.8 Å². The molecule has 8 rings (SSSR count). The van der Waals surface area contributed by atoms with E-state index in [4.69, 9.17) is 0 Å². The van der Waals surface area contributed by atoms with Crippen LogP contribution in [0.5, 0.6) is 0 Å². The third kappa shape index (κ3) is 15.2. The molecule has 0 aliphatic carbocycles. The van der Waals surface area contributed by atoms with Crippen LogP contribution in [0.3, 0.4) is 0 Å². The van der Waals surface area contributed by atoms with Crippen LogP contribution in [-0.4, -0.2) is 9.97 Å². The predicted molar refractivity (Wildman–Crippen MR) is 256 cm³/mol. The van der Waals surface area contributed by atoms with E-state index in [0.29, 0.717) is 0 Å². The zero-order valence-electron chi connectivity index (χ0n) is 37.8. The fourth-order valence-corrected chi connectivity index (χ4v) is 5.76. The molecule has 0 aliphatic rings. The van der Waals surface area contributed by atoms with E-state index in [1.54, 1.807) is 0 Å². The van der Waals surface area contributed by atoms with Crippen LogP contribution in [-0.2, 0) is 0 Å². The number of rotatable bonds is 0. The molecule has 0 amide bonds. The van der Waals surface area contributed by atoms with Gasteiger partial charge in [0.25, 0.3) is 0 Å². The Balaban J connectivity index is 0.000000188. The lowest BCUT2D eigenvalue weighted by molar-refractivity contribution is 1.10. The summed E-state index contributed by atoms with van der Waals surface area (Å²) < 4.78 is 0. The first-order valence-electron chi connectivity index (χ1n) is 20.3. The summed E-state index contributed by atoms with van der Waals surface area (Å²) in [6.07, 6.45) is 0. The van der Waals surface area contributed by atoms with Crippen LogP contribution in [0, 0.1) is 96.9 Å². The van der Waals surface area contributed by atoms with E-state index >= 15 is 0 Å². The van der Waals surface area contributed by atoms with Gasteiger partial charge in [-0.15, -0.1) is 0 Å². The third-order valence-corrected chi connectivity index (χ3v) is 10.7. The van der Waals surface area contributed by atoms with Gasteiger partial charge in [-0.05, 0) is 181 Å². The van der Waals surface area contributed by atoms with Gasteiger partial charge in [-0.3, -0.25) is 0 Å². The first-order valence-corrected chi connectivity index (χ1v) is 20.3. The van der Waals surface area contributed by atoms with Crippen molar-refractivity contribution in [3.8, 4) is 0 Å². The molecule has 0 atom stereocenters. The van der Waals surface area contributed by atoms with Crippen molar-refractivity contribution in [3.63, 3.8) is 0 Å². The lowest BCUT2D eigenvalue weighted by Gasteiger charge is -2.02. The number of aryl methyl sites for hydroxylation is 13. The zero-order valence-corrected chi connectivity index (χ0v) is 37.8. The van der Waals surface area contributed by atoms with Crippen molar-refractivity contribution in [2.75, 3.05) is 0 Å². The maximum Gasteiger partial charge on any atom is 0.0890 e. The number of fused-ring (bicyclic) bond motifs is 2. The first kappa shape index (κ1) is 46.5. The maximum absolute atomic E-state index is 4.41. The monoisotopic (exact) mass is 767 g/mol. The van der Waals surface area contributed by atoms with Crippen LogP contribution in [0.4, 0.5) is 0 Å². The number of hydrogen-bond acceptors (Lipinski definition) is 2. The second kappa shape index (κ2) is 23.4. The Morgan fingerprint density at radius 3 is 0.897 bits per heavy atom. The molecule has 0 saturated heterocycles. The van der Waals surface area contributed by atoms with Gasteiger partial charge in [0.1, 0.15) is 0 Å². The molecule has 0 spiro atoms. The van der Waals surface area contributed by atoms with Crippen LogP contribution < -0.4 is 0 Å². The number of aromatic nitrogens is 2. The summed E-state index contributed by atoms with van der Waals surface area (Å²) in [4.78, 5) is 8.83. The van der Waals surface area contributed by atoms with Gasteiger partial charge in [0.05, 0.1) is 22.4 Å². The van der Waals surface area contributed by atoms with E-state index in [1.165, 1.54) is 77.5 Å². The summed E-state index contributed by atoms with van der Waals surface area (Å²) >= 11 is 0. The molecule has 8 aromatic rings. The Morgan fingerprint density at radius 1 is 0.259 bits per heavy atom. The highest BCUT2D eigenvalue weighted by molar-refractivity contribution is 5.83. The average molecular weight is 767 g/mol. The quantitative estimate of drug-likeness (QED) is 0.154. The minimum Gasteiger partial charge on any atom is -0.250 e. The molecule has 300 valence electrons. The normalized spacial score (nSPS) is 9.90. The molecular formula is C56H66N2. The number of hydrogen-bond donors (Lipinski definition) is 0. The Kier molecular flexibility index (Phi) is 18.8. The van der Waals surface area contributed by atoms with Crippen LogP contribution >= 0.6 is 0 Å². The summed E-state index contributed by atoms with van der Waals surface area (Å²) in [5.41, 5.74) is 20.5. The minimum absolute atomic E-state index is 0.973. The molecule has 2 heteroatoms. The van der Waals surface area contributed by atoms with Gasteiger partial charge in [0.2, 0.25) is 0 Å². The van der Waals surface area contributed by atoms with Crippen molar-refractivity contribution in [2.24, 2.45) is 0 Å². The minimum atomic E-state index is 0.973. The van der Waals surface area contributed by atoms with E-state index in [0.717, 1.165) is 22.4 Å². The zero-order chi connectivity index (χ0) is 42.8. The van der Waals surface area contributed by atoms with Crippen molar-refractivity contribution in [2.45, 2.75) is 96.9 Å². The molecule has 0 unspecified atom stereocenters. The molecule has 0 saturated carbocycles. The van der Waals surface area contributed by atoms with Crippen molar-refractivity contribution < 1.29 is 0 Å². The molecule has 1 heterocycles. The van der Waals surface area contributed by atoms with Gasteiger partial charge < -0.3 is 0 Å². The Hall–Kier alpha value is -5.86. The number of nitrogens with zero attached hydrogens (tertiary/aromatic N) is 2. The van der Waals surface area contributed by atoms with E-state index in [2.05, 4.69) is 214 Å². The SMILES string of the molecule is Cc1cc2ccccc2cc1C.Cc1ccc(C)c(C)c1.Cc1cccc(C)c1C.Cc1ccccc1C.Cc1ccccc1C.Cc1nc2ccccc2nc1C. The standard InChI is InChI=1S/C12H12.C10H10N2.2C9H12.2C8H10/c1-9-7-11-5-3-4-6-12(11)8-10(9)2;1-7-8(2)12-10-6-4-3-5-9(10)11-7;1-7-4-5-8(2)9(3)6-7;1-7-5-4-6-8(2)9(7)3;2*1-7-5-3-4-6-8(7)2/h3-8H,1-2H3;3-6H,1-2H3;2*4-6H,1-3H3;2*3-6H,1-2H3. The maximum atomic E-state index is 4.41. The lowest BCUT2D eigenvalue weighted by Crippen LogP contribution is -1.92. The molecule has 7 aromatic carbocycles. The molecule has 0 fully saturated rings. The van der Waals surface area contributed by atoms with Crippen molar-refractivity contribution in [3.05, 3.63) is 224 Å². The van der Waals surface area contributed by atoms with Gasteiger partial charge in [0, 0.05) is 0 Å². The fourth-order valence-electron chi connectivity index (χ4n) is 5.76. The van der Waals surface area contributed by atoms with Crippen LogP contribution in [0.2, 0.25) is 0 Å². The van der Waals surface area contributed by atoms with Gasteiger partial charge >= 0.3 is 0 Å². The van der Waals surface area contributed by atoms with Crippen LogP contribution in [0.25, 0.3) is 21.8 Å². The summed E-state index contributed by atoms with van der Waals surface area (Å²) in [7, 11) is 0. The fraction of sp³-hybridized carbons (Fsp3) is 0.250. The summed E-state index contributed by atoms with van der Waals surface area (Å²) in [6.45, 7) is 29.6. The molecule has 2 nitrogen and oxygen atoms in total. The largest absolute Gasteiger partial charge is 0.250 e. The van der Waals surface area contributed by atoms with E-state index in [9.17, 15) is 0 Å². The Labute approximate surface area is 351 Å². The highest BCUT2D eigenvalue weighted by Gasteiger charge is 1.99. The Bertz CT molecular complexity index is 2240. The van der Waals surface area contributed by atoms with Crippen molar-refractivity contribution in [1.82, 2.24) is 9.97 Å². The predicted octanol–water partition coefficient (Wildman–Crippen LogP) is 15.5. The second-order valence-corrected chi connectivity index (χ2v) is 15.4. The molecule has 58 heavy (non-hydrogen) atoms. The Morgan fingerprint density at radius 2 is 0.569 bits per heavy atom. The van der Waals surface area contributed by atoms with E-state index in [1.807, 2.05) is 38.1 Å². The van der Waals surface area contributed by atoms with Crippen LogP contribution in [0.15, 0.2) is 146 Å².